The Morgan fingerprint density at radius 3 is 2.38 bits per heavy atom. The lowest BCUT2D eigenvalue weighted by atomic mass is 9.88. The van der Waals surface area contributed by atoms with Crippen molar-refractivity contribution in [2.24, 2.45) is 0 Å². The van der Waals surface area contributed by atoms with Crippen molar-refractivity contribution in [1.82, 2.24) is 4.98 Å². The van der Waals surface area contributed by atoms with Crippen LogP contribution in [0.1, 0.15) is 49.3 Å². The fourth-order valence-electron chi connectivity index (χ4n) is 3.91. The summed E-state index contributed by atoms with van der Waals surface area (Å²) in [6.45, 7) is 4.24. The minimum absolute atomic E-state index is 0.0350. The number of carbonyl (C=O) groups is 2. The number of carboxylic acid groups (broad SMARTS) is 1. The number of aliphatic hydroxyl groups is 1. The summed E-state index contributed by atoms with van der Waals surface area (Å²) >= 11 is 0. The number of nitrogens with zero attached hydrogens (tertiary/aromatic N) is 1. The van der Waals surface area contributed by atoms with Gasteiger partial charge in [-0.3, -0.25) is 14.6 Å². The first-order valence-electron chi connectivity index (χ1n) is 11.8. The van der Waals surface area contributed by atoms with Crippen LogP contribution in [-0.4, -0.2) is 40.2 Å². The zero-order chi connectivity index (χ0) is 26.9. The minimum atomic E-state index is -1.24. The highest BCUT2D eigenvalue weighted by Crippen LogP contribution is 2.45. The van der Waals surface area contributed by atoms with Crippen LogP contribution in [0.3, 0.4) is 0 Å². The number of ether oxygens (including phenoxy) is 2. The van der Waals surface area contributed by atoms with Crippen molar-refractivity contribution in [2.45, 2.75) is 45.3 Å². The first-order valence-corrected chi connectivity index (χ1v) is 11.8. The van der Waals surface area contributed by atoms with Gasteiger partial charge in [0.25, 0.3) is 0 Å². The van der Waals surface area contributed by atoms with Crippen LogP contribution in [0.2, 0.25) is 0 Å². The number of Topliss-reactive ketones (excluding diaryl/α,β-unsaturated/α-hetero) is 1. The number of hydrogen-bond donors (Lipinski definition) is 2. The van der Waals surface area contributed by atoms with Crippen LogP contribution in [0.5, 0.6) is 11.5 Å². The molecule has 37 heavy (non-hydrogen) atoms. The Balaban J connectivity index is 2.14. The number of halogens is 1. The van der Waals surface area contributed by atoms with Gasteiger partial charge < -0.3 is 19.7 Å². The van der Waals surface area contributed by atoms with E-state index < -0.39 is 24.3 Å². The van der Waals surface area contributed by atoms with Crippen LogP contribution in [0.25, 0.3) is 17.2 Å². The van der Waals surface area contributed by atoms with Crippen molar-refractivity contribution in [3.63, 3.8) is 0 Å². The van der Waals surface area contributed by atoms with Crippen molar-refractivity contribution in [1.29, 1.82) is 0 Å². The maximum absolute atomic E-state index is 13.8. The second-order valence-electron chi connectivity index (χ2n) is 8.83. The monoisotopic (exact) mass is 507 g/mol. The van der Waals surface area contributed by atoms with Crippen LogP contribution < -0.4 is 9.47 Å². The molecule has 7 nitrogen and oxygen atoms in total. The number of aliphatic hydroxyl groups excluding tert-OH is 1. The summed E-state index contributed by atoms with van der Waals surface area (Å²) in [7, 11) is 1.54. The van der Waals surface area contributed by atoms with Gasteiger partial charge in [-0.05, 0) is 58.5 Å². The van der Waals surface area contributed by atoms with Crippen molar-refractivity contribution in [3.8, 4) is 22.6 Å². The molecule has 2 aromatic carbocycles. The van der Waals surface area contributed by atoms with Gasteiger partial charge >= 0.3 is 5.97 Å². The zero-order valence-electron chi connectivity index (χ0n) is 21.0. The van der Waals surface area contributed by atoms with Crippen molar-refractivity contribution < 1.29 is 33.7 Å². The number of methoxy groups -OCH3 is 1. The molecule has 1 aromatic heterocycles. The number of aromatic nitrogens is 1. The number of hydrogen-bond acceptors (Lipinski definition) is 6. The van der Waals surface area contributed by atoms with Crippen LogP contribution in [-0.2, 0) is 16.2 Å². The summed E-state index contributed by atoms with van der Waals surface area (Å²) in [5.41, 5.74) is 3.78. The van der Waals surface area contributed by atoms with Crippen LogP contribution in [0.15, 0.2) is 60.9 Å². The van der Waals surface area contributed by atoms with Crippen LogP contribution >= 0.6 is 0 Å². The molecule has 1 unspecified atom stereocenters. The second-order valence-corrected chi connectivity index (χ2v) is 8.83. The van der Waals surface area contributed by atoms with Gasteiger partial charge in [0.2, 0.25) is 0 Å². The van der Waals surface area contributed by atoms with Gasteiger partial charge in [0, 0.05) is 24.4 Å². The van der Waals surface area contributed by atoms with E-state index in [0.717, 1.165) is 11.1 Å². The summed E-state index contributed by atoms with van der Waals surface area (Å²) in [6.07, 6.45) is 4.31. The maximum Gasteiger partial charge on any atom is 0.310 e. The van der Waals surface area contributed by atoms with E-state index in [2.05, 4.69) is 4.98 Å². The second kappa shape index (κ2) is 12.8. The Kier molecular flexibility index (Phi) is 9.51. The standard InChI is InChI=1S/C29H30FNO6/c1-18(2)25-16-26(36-3)29(37-17-19-10-12-31-13-11-19)28(20-4-6-21(30)7-5-20)24(25)9-8-22(32)14-23(33)15-27(34)35/h4-13,16,18,22,32H,14-15,17H2,1-3H3,(H,34,35). The van der Waals surface area contributed by atoms with E-state index in [0.29, 0.717) is 28.2 Å². The number of pyridine rings is 1. The molecule has 0 aliphatic rings. The molecule has 0 fully saturated rings. The normalized spacial score (nSPS) is 12.1. The molecule has 194 valence electrons. The maximum atomic E-state index is 13.8. The molecule has 8 heteroatoms. The summed E-state index contributed by atoms with van der Waals surface area (Å²) in [4.78, 5) is 26.7. The molecule has 0 saturated heterocycles. The molecule has 1 heterocycles. The third-order valence-electron chi connectivity index (χ3n) is 5.70. The molecule has 3 aromatic rings. The molecule has 0 amide bonds. The predicted octanol–water partition coefficient (Wildman–Crippen LogP) is 5.41. The quantitative estimate of drug-likeness (QED) is 0.316. The highest BCUT2D eigenvalue weighted by molar-refractivity contribution is 5.95. The molecule has 1 atom stereocenters. The highest BCUT2D eigenvalue weighted by Gasteiger charge is 2.22. The molecule has 0 bridgehead atoms. The van der Waals surface area contributed by atoms with Gasteiger partial charge in [-0.1, -0.05) is 38.1 Å². The Morgan fingerprint density at radius 2 is 1.78 bits per heavy atom. The molecular formula is C29H30FNO6. The van der Waals surface area contributed by atoms with E-state index in [9.17, 15) is 19.1 Å². The number of carboxylic acids is 1. The first kappa shape index (κ1) is 27.5. The Labute approximate surface area is 215 Å². The third-order valence-corrected chi connectivity index (χ3v) is 5.70. The molecular weight excluding hydrogens is 477 g/mol. The minimum Gasteiger partial charge on any atom is -0.493 e. The van der Waals surface area contributed by atoms with Gasteiger partial charge in [-0.15, -0.1) is 0 Å². The van der Waals surface area contributed by atoms with Crippen LogP contribution in [0, 0.1) is 5.82 Å². The molecule has 0 aliphatic heterocycles. The molecule has 0 aliphatic carbocycles. The summed E-state index contributed by atoms with van der Waals surface area (Å²) in [5.74, 6) is -1.25. The first-order chi connectivity index (χ1) is 17.7. The van der Waals surface area contributed by atoms with E-state index in [4.69, 9.17) is 14.6 Å². The van der Waals surface area contributed by atoms with Crippen molar-refractivity contribution in [2.75, 3.05) is 7.11 Å². The van der Waals surface area contributed by atoms with Gasteiger partial charge in [0.15, 0.2) is 11.5 Å². The number of carbonyl (C=O) groups excluding carboxylic acids is 1. The fourth-order valence-corrected chi connectivity index (χ4v) is 3.91. The van der Waals surface area contributed by atoms with E-state index in [-0.39, 0.29) is 24.8 Å². The number of benzene rings is 2. The molecule has 0 saturated carbocycles. The van der Waals surface area contributed by atoms with Gasteiger partial charge in [0.05, 0.1) is 13.2 Å². The lowest BCUT2D eigenvalue weighted by Crippen LogP contribution is -2.14. The van der Waals surface area contributed by atoms with E-state index >= 15 is 0 Å². The summed E-state index contributed by atoms with van der Waals surface area (Å²) < 4.78 is 25.8. The lowest BCUT2D eigenvalue weighted by molar-refractivity contribution is -0.140. The smallest absolute Gasteiger partial charge is 0.310 e. The van der Waals surface area contributed by atoms with Gasteiger partial charge in [-0.2, -0.15) is 0 Å². The average molecular weight is 508 g/mol. The zero-order valence-corrected chi connectivity index (χ0v) is 21.0. The third kappa shape index (κ3) is 7.47. The van der Waals surface area contributed by atoms with E-state index in [1.807, 2.05) is 32.0 Å². The van der Waals surface area contributed by atoms with Gasteiger partial charge in [0.1, 0.15) is 24.6 Å². The Bertz CT molecular complexity index is 1260. The van der Waals surface area contributed by atoms with Gasteiger partial charge in [-0.25, -0.2) is 4.39 Å². The summed E-state index contributed by atoms with van der Waals surface area (Å²) in [5, 5.41) is 19.3. The SMILES string of the molecule is COc1cc(C(C)C)c(C=CC(O)CC(=O)CC(=O)O)c(-c2ccc(F)cc2)c1OCc1ccncc1. The van der Waals surface area contributed by atoms with E-state index in [1.165, 1.54) is 18.2 Å². The fraction of sp³-hybridized carbons (Fsp3) is 0.276. The number of ketones is 1. The molecule has 2 N–H and O–H groups in total. The highest BCUT2D eigenvalue weighted by atomic mass is 19.1. The largest absolute Gasteiger partial charge is 0.493 e. The molecule has 3 rings (SSSR count). The predicted molar refractivity (Wildman–Crippen MR) is 138 cm³/mol. The number of aliphatic carboxylic acids is 1. The lowest BCUT2D eigenvalue weighted by Gasteiger charge is -2.22. The Hall–Kier alpha value is -4.04. The van der Waals surface area contributed by atoms with E-state index in [1.54, 1.807) is 37.7 Å². The molecule has 0 spiro atoms. The Morgan fingerprint density at radius 1 is 1.11 bits per heavy atom. The average Bonchev–Trinajstić information content (AvgIpc) is 2.86. The van der Waals surface area contributed by atoms with Crippen molar-refractivity contribution >= 4 is 17.8 Å². The van der Waals surface area contributed by atoms with Crippen molar-refractivity contribution in [3.05, 3.63) is 83.4 Å². The molecule has 0 radical (unpaired) electrons. The topological polar surface area (TPSA) is 106 Å². The summed E-state index contributed by atoms with van der Waals surface area (Å²) in [6, 6.07) is 11.5. The van der Waals surface area contributed by atoms with Crippen LogP contribution in [0.4, 0.5) is 4.39 Å². The number of rotatable bonds is 12.